The third kappa shape index (κ3) is 3.99. The molecule has 3 nitrogen and oxygen atoms in total. The molecule has 1 aromatic rings. The zero-order chi connectivity index (χ0) is 10.6. The number of carbonyl (C=O) groups is 1. The number of hydrogen-bond acceptors (Lipinski definition) is 1. The van der Waals surface area contributed by atoms with Crippen LogP contribution in [-0.4, -0.2) is 12.6 Å². The Balaban J connectivity index is 2.71. The van der Waals surface area contributed by atoms with Crippen LogP contribution in [0.15, 0.2) is 18.2 Å². The Morgan fingerprint density at radius 1 is 1.29 bits per heavy atom. The molecule has 0 aliphatic rings. The Hall–Kier alpha value is -0.0500. The fraction of sp³-hybridized carbons (Fsp3) is 0.222. The fourth-order valence-electron chi connectivity index (χ4n) is 0.962. The SMILES string of the molecule is CCNC(=O)Nc1cc(I)cc(I)c1. The summed E-state index contributed by atoms with van der Waals surface area (Å²) in [6, 6.07) is 5.74. The molecule has 0 spiro atoms. The van der Waals surface area contributed by atoms with Gasteiger partial charge < -0.3 is 10.6 Å². The number of anilines is 1. The van der Waals surface area contributed by atoms with Gasteiger partial charge in [0.25, 0.3) is 0 Å². The molecule has 5 heteroatoms. The molecule has 0 heterocycles. The third-order valence-electron chi connectivity index (χ3n) is 1.46. The van der Waals surface area contributed by atoms with Crippen LogP contribution in [0, 0.1) is 7.14 Å². The molecule has 14 heavy (non-hydrogen) atoms. The van der Waals surface area contributed by atoms with E-state index in [1.807, 2.05) is 25.1 Å². The smallest absolute Gasteiger partial charge is 0.319 e. The summed E-state index contributed by atoms with van der Waals surface area (Å²) in [6.07, 6.45) is 0. The topological polar surface area (TPSA) is 41.1 Å². The van der Waals surface area contributed by atoms with Crippen molar-refractivity contribution < 1.29 is 4.79 Å². The van der Waals surface area contributed by atoms with Gasteiger partial charge in [-0.05, 0) is 70.3 Å². The molecule has 0 radical (unpaired) electrons. The molecule has 1 aromatic carbocycles. The van der Waals surface area contributed by atoms with E-state index < -0.39 is 0 Å². The molecule has 0 aromatic heterocycles. The van der Waals surface area contributed by atoms with E-state index in [-0.39, 0.29) is 6.03 Å². The third-order valence-corrected chi connectivity index (χ3v) is 2.70. The molecule has 0 saturated heterocycles. The van der Waals surface area contributed by atoms with Gasteiger partial charge in [-0.3, -0.25) is 0 Å². The number of urea groups is 1. The molecule has 2 amide bonds. The second-order valence-electron chi connectivity index (χ2n) is 2.64. The standard InChI is InChI=1S/C9H10I2N2O/c1-2-12-9(14)13-8-4-6(10)3-7(11)5-8/h3-5H,2H2,1H3,(H2,12,13,14). The first kappa shape index (κ1) is 12.0. The fourth-order valence-corrected chi connectivity index (χ4v) is 2.90. The lowest BCUT2D eigenvalue weighted by molar-refractivity contribution is 0.252. The number of halogens is 2. The van der Waals surface area contributed by atoms with Crippen LogP contribution in [0.5, 0.6) is 0 Å². The summed E-state index contributed by atoms with van der Waals surface area (Å²) in [5.74, 6) is 0. The van der Waals surface area contributed by atoms with Gasteiger partial charge in [-0.15, -0.1) is 0 Å². The van der Waals surface area contributed by atoms with Crippen LogP contribution in [0.2, 0.25) is 0 Å². The minimum absolute atomic E-state index is 0.162. The summed E-state index contributed by atoms with van der Waals surface area (Å²) in [4.78, 5) is 11.2. The minimum Gasteiger partial charge on any atom is -0.338 e. The highest BCUT2D eigenvalue weighted by molar-refractivity contribution is 14.1. The number of carbonyl (C=O) groups excluding carboxylic acids is 1. The van der Waals surface area contributed by atoms with E-state index in [4.69, 9.17) is 0 Å². The van der Waals surface area contributed by atoms with Crippen molar-refractivity contribution in [2.24, 2.45) is 0 Å². The Labute approximate surface area is 110 Å². The molecule has 0 unspecified atom stereocenters. The van der Waals surface area contributed by atoms with E-state index in [2.05, 4.69) is 55.8 Å². The van der Waals surface area contributed by atoms with Gasteiger partial charge in [-0.1, -0.05) is 0 Å². The van der Waals surface area contributed by atoms with Crippen LogP contribution in [-0.2, 0) is 0 Å². The zero-order valence-electron chi connectivity index (χ0n) is 7.60. The quantitative estimate of drug-likeness (QED) is 0.716. The van der Waals surface area contributed by atoms with Crippen molar-refractivity contribution in [1.29, 1.82) is 0 Å². The molecule has 0 saturated carbocycles. The van der Waals surface area contributed by atoms with Gasteiger partial charge in [0.1, 0.15) is 0 Å². The summed E-state index contributed by atoms with van der Waals surface area (Å²) >= 11 is 4.45. The van der Waals surface area contributed by atoms with Crippen LogP contribution in [0.25, 0.3) is 0 Å². The van der Waals surface area contributed by atoms with Gasteiger partial charge in [-0.25, -0.2) is 4.79 Å². The largest absolute Gasteiger partial charge is 0.338 e. The average Bonchev–Trinajstić information content (AvgIpc) is 2.01. The van der Waals surface area contributed by atoms with E-state index in [0.29, 0.717) is 6.54 Å². The lowest BCUT2D eigenvalue weighted by Gasteiger charge is -2.06. The van der Waals surface area contributed by atoms with Crippen LogP contribution in [0.3, 0.4) is 0 Å². The zero-order valence-corrected chi connectivity index (χ0v) is 11.9. The lowest BCUT2D eigenvalue weighted by atomic mass is 10.3. The highest BCUT2D eigenvalue weighted by Gasteiger charge is 2.01. The van der Waals surface area contributed by atoms with E-state index >= 15 is 0 Å². The Bertz CT molecular complexity index is 321. The molecule has 0 aliphatic carbocycles. The molecule has 2 N–H and O–H groups in total. The van der Waals surface area contributed by atoms with Crippen LogP contribution in [0.1, 0.15) is 6.92 Å². The maximum Gasteiger partial charge on any atom is 0.319 e. The van der Waals surface area contributed by atoms with Gasteiger partial charge in [0.2, 0.25) is 0 Å². The first-order chi connectivity index (χ1) is 6.61. The van der Waals surface area contributed by atoms with Crippen molar-refractivity contribution in [3.8, 4) is 0 Å². The predicted octanol–water partition coefficient (Wildman–Crippen LogP) is 3.04. The molecule has 0 bridgehead atoms. The van der Waals surface area contributed by atoms with E-state index in [1.165, 1.54) is 0 Å². The minimum atomic E-state index is -0.162. The van der Waals surface area contributed by atoms with Gasteiger partial charge in [0.05, 0.1) is 0 Å². The molecule has 1 rings (SSSR count). The Morgan fingerprint density at radius 3 is 2.36 bits per heavy atom. The number of amides is 2. The maximum atomic E-state index is 11.2. The molecule has 0 aliphatic heterocycles. The number of hydrogen-bond donors (Lipinski definition) is 2. The first-order valence-electron chi connectivity index (χ1n) is 4.12. The number of benzene rings is 1. The van der Waals surface area contributed by atoms with Crippen molar-refractivity contribution in [1.82, 2.24) is 5.32 Å². The molecular weight excluding hydrogens is 406 g/mol. The van der Waals surface area contributed by atoms with Crippen molar-refractivity contribution in [2.45, 2.75) is 6.92 Å². The average molecular weight is 416 g/mol. The first-order valence-corrected chi connectivity index (χ1v) is 6.28. The normalized spacial score (nSPS) is 9.64. The highest BCUT2D eigenvalue weighted by atomic mass is 127. The maximum absolute atomic E-state index is 11.2. The summed E-state index contributed by atoms with van der Waals surface area (Å²) in [5, 5.41) is 5.44. The van der Waals surface area contributed by atoms with E-state index in [0.717, 1.165) is 12.8 Å². The van der Waals surface area contributed by atoms with Crippen LogP contribution < -0.4 is 10.6 Å². The molecule has 76 valence electrons. The second kappa shape index (κ2) is 5.74. The van der Waals surface area contributed by atoms with Gasteiger partial charge in [0.15, 0.2) is 0 Å². The predicted molar refractivity (Wildman–Crippen MR) is 74.6 cm³/mol. The summed E-state index contributed by atoms with van der Waals surface area (Å²) in [6.45, 7) is 2.52. The molecule has 0 atom stereocenters. The monoisotopic (exact) mass is 416 g/mol. The Kier molecular flexibility index (Phi) is 4.93. The van der Waals surface area contributed by atoms with Crippen LogP contribution >= 0.6 is 45.2 Å². The van der Waals surface area contributed by atoms with Crippen molar-refractivity contribution in [2.75, 3.05) is 11.9 Å². The number of rotatable bonds is 2. The van der Waals surface area contributed by atoms with Crippen molar-refractivity contribution >= 4 is 56.9 Å². The lowest BCUT2D eigenvalue weighted by Crippen LogP contribution is -2.28. The summed E-state index contributed by atoms with van der Waals surface area (Å²) < 4.78 is 2.22. The molecule has 0 fully saturated rings. The van der Waals surface area contributed by atoms with Crippen LogP contribution in [0.4, 0.5) is 10.5 Å². The molecular formula is C9H10I2N2O. The van der Waals surface area contributed by atoms with Crippen molar-refractivity contribution in [3.05, 3.63) is 25.3 Å². The number of nitrogens with one attached hydrogen (secondary N) is 2. The summed E-state index contributed by atoms with van der Waals surface area (Å²) in [5.41, 5.74) is 0.826. The van der Waals surface area contributed by atoms with E-state index in [1.54, 1.807) is 0 Å². The van der Waals surface area contributed by atoms with Crippen molar-refractivity contribution in [3.63, 3.8) is 0 Å². The van der Waals surface area contributed by atoms with Gasteiger partial charge >= 0.3 is 6.03 Å². The van der Waals surface area contributed by atoms with Gasteiger partial charge in [-0.2, -0.15) is 0 Å². The van der Waals surface area contributed by atoms with Gasteiger partial charge in [0, 0.05) is 19.4 Å². The highest BCUT2D eigenvalue weighted by Crippen LogP contribution is 2.17. The van der Waals surface area contributed by atoms with E-state index in [9.17, 15) is 4.79 Å². The summed E-state index contributed by atoms with van der Waals surface area (Å²) in [7, 11) is 0. The Morgan fingerprint density at radius 2 is 1.86 bits per heavy atom. The second-order valence-corrected chi connectivity index (χ2v) is 5.13.